The predicted molar refractivity (Wildman–Crippen MR) is 127 cm³/mol. The van der Waals surface area contributed by atoms with Crippen molar-refractivity contribution in [3.63, 3.8) is 0 Å². The first-order valence-electron chi connectivity index (χ1n) is 12.8. The molecule has 4 rings (SSSR count). The third-order valence-electron chi connectivity index (χ3n) is 7.87. The summed E-state index contributed by atoms with van der Waals surface area (Å²) in [5.41, 5.74) is 0.581. The summed E-state index contributed by atoms with van der Waals surface area (Å²) in [7, 11) is 0. The van der Waals surface area contributed by atoms with Crippen molar-refractivity contribution >= 4 is 11.7 Å². The van der Waals surface area contributed by atoms with Gasteiger partial charge >= 0.3 is 0 Å². The number of carbonyl (C=O) groups is 1. The van der Waals surface area contributed by atoms with Gasteiger partial charge in [0.05, 0.1) is 5.56 Å². The first kappa shape index (κ1) is 23.0. The van der Waals surface area contributed by atoms with Crippen LogP contribution in [-0.2, 0) is 4.79 Å². The second-order valence-corrected chi connectivity index (χ2v) is 10.1. The minimum Gasteiger partial charge on any atom is -0.357 e. The second kappa shape index (κ2) is 11.7. The molecule has 174 valence electrons. The summed E-state index contributed by atoms with van der Waals surface area (Å²) in [6, 6.07) is 5.81. The van der Waals surface area contributed by atoms with E-state index in [0.29, 0.717) is 5.56 Å². The molecule has 0 spiro atoms. The van der Waals surface area contributed by atoms with Crippen LogP contribution < -0.4 is 10.2 Å². The van der Waals surface area contributed by atoms with E-state index < -0.39 is 0 Å². The zero-order valence-corrected chi connectivity index (χ0v) is 19.5. The van der Waals surface area contributed by atoms with Crippen LogP contribution in [0.3, 0.4) is 0 Å². The molecule has 2 saturated heterocycles. The number of hydrogen-bond acceptors (Lipinski definition) is 5. The predicted octanol–water partition coefficient (Wildman–Crippen LogP) is 3.97. The number of anilines is 1. The molecule has 3 aliphatic rings. The van der Waals surface area contributed by atoms with E-state index in [1.165, 1.54) is 64.6 Å². The van der Waals surface area contributed by atoms with Gasteiger partial charge < -0.3 is 15.1 Å². The number of aromatic nitrogens is 1. The summed E-state index contributed by atoms with van der Waals surface area (Å²) in [5.74, 6) is 2.95. The van der Waals surface area contributed by atoms with E-state index in [1.54, 1.807) is 6.20 Å². The lowest BCUT2D eigenvalue weighted by Gasteiger charge is -2.35. The van der Waals surface area contributed by atoms with E-state index in [0.717, 1.165) is 56.6 Å². The minimum atomic E-state index is 0.113. The van der Waals surface area contributed by atoms with Gasteiger partial charge in [-0.05, 0) is 82.0 Å². The van der Waals surface area contributed by atoms with Crippen LogP contribution in [0.1, 0.15) is 69.8 Å². The van der Waals surface area contributed by atoms with Crippen molar-refractivity contribution in [1.29, 1.82) is 5.26 Å². The Kier molecular flexibility index (Phi) is 8.39. The molecule has 1 aromatic heterocycles. The zero-order valence-electron chi connectivity index (χ0n) is 19.5. The lowest BCUT2D eigenvalue weighted by molar-refractivity contribution is -0.125. The Morgan fingerprint density at radius 3 is 2.41 bits per heavy atom. The molecule has 1 N–H and O–H groups in total. The third-order valence-corrected chi connectivity index (χ3v) is 7.87. The summed E-state index contributed by atoms with van der Waals surface area (Å²) in [6.07, 6.45) is 14.3. The van der Waals surface area contributed by atoms with E-state index in [-0.39, 0.29) is 11.8 Å². The number of pyridine rings is 1. The van der Waals surface area contributed by atoms with Crippen LogP contribution in [0.5, 0.6) is 0 Å². The Hall–Kier alpha value is -2.13. The molecule has 0 atom stereocenters. The smallest absolute Gasteiger partial charge is 0.223 e. The highest BCUT2D eigenvalue weighted by molar-refractivity contribution is 5.78. The molecule has 1 aromatic rings. The fourth-order valence-electron chi connectivity index (χ4n) is 5.75. The van der Waals surface area contributed by atoms with E-state index in [4.69, 9.17) is 5.26 Å². The third kappa shape index (κ3) is 6.45. The molecular weight excluding hydrogens is 398 g/mol. The maximum atomic E-state index is 12.7. The van der Waals surface area contributed by atoms with Gasteiger partial charge in [-0.1, -0.05) is 19.3 Å². The van der Waals surface area contributed by atoms with Gasteiger partial charge in [-0.25, -0.2) is 4.98 Å². The van der Waals surface area contributed by atoms with E-state index in [2.05, 4.69) is 26.2 Å². The Morgan fingerprint density at radius 2 is 1.75 bits per heavy atom. The van der Waals surface area contributed by atoms with Crippen LogP contribution in [0.15, 0.2) is 18.3 Å². The second-order valence-electron chi connectivity index (χ2n) is 10.1. The number of piperidine rings is 2. The quantitative estimate of drug-likeness (QED) is 0.699. The number of nitrogens with zero attached hydrogens (tertiary/aromatic N) is 4. The summed E-state index contributed by atoms with van der Waals surface area (Å²) >= 11 is 0. The molecule has 3 fully saturated rings. The van der Waals surface area contributed by atoms with Gasteiger partial charge in [-0.15, -0.1) is 0 Å². The summed E-state index contributed by atoms with van der Waals surface area (Å²) < 4.78 is 0. The number of likely N-dealkylation sites (tertiary alicyclic amines) is 1. The average molecular weight is 438 g/mol. The van der Waals surface area contributed by atoms with E-state index >= 15 is 0 Å². The number of nitrogens with one attached hydrogen (secondary N) is 1. The van der Waals surface area contributed by atoms with Crippen molar-refractivity contribution in [3.05, 3.63) is 23.9 Å². The van der Waals surface area contributed by atoms with Gasteiger partial charge in [0.2, 0.25) is 5.91 Å². The van der Waals surface area contributed by atoms with Gasteiger partial charge in [0.25, 0.3) is 0 Å². The topological polar surface area (TPSA) is 72.3 Å². The molecule has 1 amide bonds. The molecule has 0 radical (unpaired) electrons. The van der Waals surface area contributed by atoms with Gasteiger partial charge in [0.1, 0.15) is 11.9 Å². The lowest BCUT2D eigenvalue weighted by Crippen LogP contribution is -2.42. The SMILES string of the molecule is N#Cc1ccc(N2CCC(C(=O)NCCC3CCN(CC4CCCCC4)CC3)CC2)nc1. The molecule has 0 bridgehead atoms. The number of nitriles is 1. The number of rotatable bonds is 7. The summed E-state index contributed by atoms with van der Waals surface area (Å²) in [5, 5.41) is 12.1. The molecule has 0 aromatic carbocycles. The normalized spacial score (nSPS) is 21.9. The van der Waals surface area contributed by atoms with Crippen molar-refractivity contribution in [2.75, 3.05) is 44.2 Å². The first-order valence-corrected chi connectivity index (χ1v) is 12.8. The van der Waals surface area contributed by atoms with Crippen LogP contribution in [0, 0.1) is 29.1 Å². The fourth-order valence-corrected chi connectivity index (χ4v) is 5.75. The molecule has 1 saturated carbocycles. The highest BCUT2D eigenvalue weighted by atomic mass is 16.1. The van der Waals surface area contributed by atoms with E-state index in [1.807, 2.05) is 12.1 Å². The average Bonchev–Trinajstić information content (AvgIpc) is 2.86. The van der Waals surface area contributed by atoms with Crippen LogP contribution in [-0.4, -0.2) is 55.1 Å². The minimum absolute atomic E-state index is 0.113. The molecule has 0 unspecified atom stereocenters. The van der Waals surface area contributed by atoms with Crippen molar-refractivity contribution < 1.29 is 4.79 Å². The molecule has 6 heteroatoms. The summed E-state index contributed by atoms with van der Waals surface area (Å²) in [4.78, 5) is 21.9. The largest absolute Gasteiger partial charge is 0.357 e. The fraction of sp³-hybridized carbons (Fsp3) is 0.731. The summed E-state index contributed by atoms with van der Waals surface area (Å²) in [6.45, 7) is 6.32. The molecule has 1 aliphatic carbocycles. The lowest BCUT2D eigenvalue weighted by atomic mass is 9.87. The Morgan fingerprint density at radius 1 is 1.00 bits per heavy atom. The van der Waals surface area contributed by atoms with Gasteiger partial charge in [0, 0.05) is 38.3 Å². The van der Waals surface area contributed by atoms with Gasteiger partial charge in [0.15, 0.2) is 0 Å². The highest BCUT2D eigenvalue weighted by Crippen LogP contribution is 2.27. The number of amides is 1. The monoisotopic (exact) mass is 437 g/mol. The molecular formula is C26H39N5O. The Labute approximate surface area is 193 Å². The molecule has 32 heavy (non-hydrogen) atoms. The number of carbonyl (C=O) groups excluding carboxylic acids is 1. The molecule has 6 nitrogen and oxygen atoms in total. The maximum Gasteiger partial charge on any atom is 0.223 e. The Balaban J connectivity index is 1.09. The van der Waals surface area contributed by atoms with Gasteiger partial charge in [-0.2, -0.15) is 5.26 Å². The van der Waals surface area contributed by atoms with Crippen molar-refractivity contribution in [2.45, 2.75) is 64.2 Å². The standard InChI is InChI=1S/C26H39N5O/c27-18-23-6-7-25(29-19-23)31-16-11-24(12-17-31)26(32)28-13-8-21-9-14-30(15-10-21)20-22-4-2-1-3-5-22/h6-7,19,21-22,24H,1-5,8-17,20H2,(H,28,32). The maximum absolute atomic E-state index is 12.7. The van der Waals surface area contributed by atoms with Crippen molar-refractivity contribution in [3.8, 4) is 6.07 Å². The Bertz CT molecular complexity index is 751. The van der Waals surface area contributed by atoms with Crippen molar-refractivity contribution in [2.24, 2.45) is 17.8 Å². The van der Waals surface area contributed by atoms with E-state index in [9.17, 15) is 4.79 Å². The van der Waals surface area contributed by atoms with Crippen LogP contribution in [0.2, 0.25) is 0 Å². The highest BCUT2D eigenvalue weighted by Gasteiger charge is 2.26. The van der Waals surface area contributed by atoms with Gasteiger partial charge in [-0.3, -0.25) is 4.79 Å². The van der Waals surface area contributed by atoms with Crippen LogP contribution in [0.25, 0.3) is 0 Å². The first-order chi connectivity index (χ1) is 15.7. The van der Waals surface area contributed by atoms with Crippen LogP contribution in [0.4, 0.5) is 5.82 Å². The molecule has 2 aliphatic heterocycles. The zero-order chi connectivity index (χ0) is 22.2. The van der Waals surface area contributed by atoms with Crippen molar-refractivity contribution in [1.82, 2.24) is 15.2 Å². The molecule has 3 heterocycles. The van der Waals surface area contributed by atoms with Crippen LogP contribution >= 0.6 is 0 Å². The number of hydrogen-bond donors (Lipinski definition) is 1.